The fourth-order valence-electron chi connectivity index (χ4n) is 2.50. The molecule has 0 aliphatic carbocycles. The number of carbonyl (C=O) groups excluding carboxylic acids is 1. The standard InChI is InChI=1S/C18H8ClF8N3O/c19-11-6-13(21)12(20)5-10(11)16(31)28-8-1-3-9(4-2-8)30-15(18(25,26)27)7-14(29-30)17(22,23)24/h1-7H,(H,28,31). The largest absolute Gasteiger partial charge is 0.435 e. The molecule has 3 aromatic rings. The van der Waals surface area contributed by atoms with Crippen LogP contribution < -0.4 is 5.32 Å². The second-order valence-corrected chi connectivity index (χ2v) is 6.48. The van der Waals surface area contributed by atoms with E-state index in [-0.39, 0.29) is 27.1 Å². The molecule has 164 valence electrons. The van der Waals surface area contributed by atoms with Crippen LogP contribution in [0.2, 0.25) is 5.02 Å². The number of amides is 1. The normalized spacial score (nSPS) is 12.2. The van der Waals surface area contributed by atoms with E-state index in [0.717, 1.165) is 24.3 Å². The number of hydrogen-bond acceptors (Lipinski definition) is 2. The van der Waals surface area contributed by atoms with Crippen molar-refractivity contribution in [2.24, 2.45) is 0 Å². The molecule has 0 bridgehead atoms. The van der Waals surface area contributed by atoms with Crippen molar-refractivity contribution in [3.63, 3.8) is 0 Å². The second-order valence-electron chi connectivity index (χ2n) is 6.07. The predicted molar refractivity (Wildman–Crippen MR) is 92.9 cm³/mol. The summed E-state index contributed by atoms with van der Waals surface area (Å²) in [7, 11) is 0. The lowest BCUT2D eigenvalue weighted by Crippen LogP contribution is -2.14. The molecule has 0 unspecified atom stereocenters. The molecule has 1 aromatic heterocycles. The van der Waals surface area contributed by atoms with Gasteiger partial charge in [0.1, 0.15) is 5.69 Å². The van der Waals surface area contributed by atoms with Crippen LogP contribution in [0.4, 0.5) is 40.8 Å². The first-order valence-corrected chi connectivity index (χ1v) is 8.46. The quantitative estimate of drug-likeness (QED) is 0.372. The van der Waals surface area contributed by atoms with Gasteiger partial charge in [-0.3, -0.25) is 4.79 Å². The highest BCUT2D eigenvalue weighted by Crippen LogP contribution is 2.36. The third-order valence-electron chi connectivity index (χ3n) is 3.91. The smallest absolute Gasteiger partial charge is 0.322 e. The zero-order valence-corrected chi connectivity index (χ0v) is 15.5. The minimum absolute atomic E-state index is 0.00805. The molecule has 3 rings (SSSR count). The number of anilines is 1. The minimum Gasteiger partial charge on any atom is -0.322 e. The van der Waals surface area contributed by atoms with Crippen molar-refractivity contribution in [1.29, 1.82) is 0 Å². The van der Waals surface area contributed by atoms with Gasteiger partial charge in [0.15, 0.2) is 17.3 Å². The molecule has 4 nitrogen and oxygen atoms in total. The highest BCUT2D eigenvalue weighted by Gasteiger charge is 2.42. The first kappa shape index (κ1) is 22.5. The van der Waals surface area contributed by atoms with Crippen molar-refractivity contribution in [3.8, 4) is 5.69 Å². The zero-order chi connectivity index (χ0) is 23.1. The summed E-state index contributed by atoms with van der Waals surface area (Å²) in [5.41, 5.74) is -4.17. The number of aromatic nitrogens is 2. The van der Waals surface area contributed by atoms with Crippen LogP contribution in [-0.2, 0) is 12.4 Å². The van der Waals surface area contributed by atoms with E-state index in [4.69, 9.17) is 11.6 Å². The third kappa shape index (κ3) is 4.79. The van der Waals surface area contributed by atoms with Crippen LogP contribution in [0.3, 0.4) is 0 Å². The number of alkyl halides is 6. The number of halogens is 9. The lowest BCUT2D eigenvalue weighted by molar-refractivity contribution is -0.143. The zero-order valence-electron chi connectivity index (χ0n) is 14.7. The van der Waals surface area contributed by atoms with Crippen LogP contribution in [0, 0.1) is 11.6 Å². The summed E-state index contributed by atoms with van der Waals surface area (Å²) in [4.78, 5) is 12.2. The van der Waals surface area contributed by atoms with Gasteiger partial charge in [-0.2, -0.15) is 31.4 Å². The van der Waals surface area contributed by atoms with Crippen LogP contribution in [-0.4, -0.2) is 15.7 Å². The predicted octanol–water partition coefficient (Wildman–Crippen LogP) is 6.09. The molecule has 0 saturated carbocycles. The molecule has 0 atom stereocenters. The van der Waals surface area contributed by atoms with Crippen LogP contribution in [0.1, 0.15) is 21.7 Å². The van der Waals surface area contributed by atoms with E-state index in [9.17, 15) is 39.9 Å². The lowest BCUT2D eigenvalue weighted by Gasteiger charge is -2.11. The van der Waals surface area contributed by atoms with Crippen LogP contribution in [0.25, 0.3) is 5.69 Å². The summed E-state index contributed by atoms with van der Waals surface area (Å²) in [6.45, 7) is 0. The average Bonchev–Trinajstić information content (AvgIpc) is 3.11. The SMILES string of the molecule is O=C(Nc1ccc(-n2nc(C(F)(F)F)cc2C(F)(F)F)cc1)c1cc(F)c(F)cc1Cl. The van der Waals surface area contributed by atoms with Gasteiger partial charge in [0.25, 0.3) is 5.91 Å². The van der Waals surface area contributed by atoms with E-state index in [2.05, 4.69) is 10.4 Å². The van der Waals surface area contributed by atoms with E-state index >= 15 is 0 Å². The van der Waals surface area contributed by atoms with Crippen molar-refractivity contribution >= 4 is 23.2 Å². The number of nitrogens with one attached hydrogen (secondary N) is 1. The average molecular weight is 470 g/mol. The Morgan fingerprint density at radius 1 is 0.903 bits per heavy atom. The summed E-state index contributed by atoms with van der Waals surface area (Å²) in [5.74, 6) is -3.56. The Labute approximate surface area is 173 Å². The molecule has 0 radical (unpaired) electrons. The molecule has 0 spiro atoms. The molecule has 1 amide bonds. The van der Waals surface area contributed by atoms with E-state index in [0.29, 0.717) is 12.1 Å². The first-order chi connectivity index (χ1) is 14.3. The molecule has 0 aliphatic rings. The summed E-state index contributed by atoms with van der Waals surface area (Å²) >= 11 is 5.69. The third-order valence-corrected chi connectivity index (χ3v) is 4.23. The van der Waals surface area contributed by atoms with Crippen molar-refractivity contribution in [1.82, 2.24) is 9.78 Å². The van der Waals surface area contributed by atoms with Crippen molar-refractivity contribution in [2.75, 3.05) is 5.32 Å². The summed E-state index contributed by atoms with van der Waals surface area (Å²) in [6.07, 6.45) is -10.2. The molecule has 0 saturated heterocycles. The van der Waals surface area contributed by atoms with Gasteiger partial charge in [0, 0.05) is 11.8 Å². The second kappa shape index (κ2) is 7.84. The van der Waals surface area contributed by atoms with Crippen LogP contribution in [0.5, 0.6) is 0 Å². The highest BCUT2D eigenvalue weighted by molar-refractivity contribution is 6.34. The summed E-state index contributed by atoms with van der Waals surface area (Å²) in [5, 5.41) is 4.84. The molecule has 1 N–H and O–H groups in total. The first-order valence-electron chi connectivity index (χ1n) is 8.08. The Kier molecular flexibility index (Phi) is 5.70. The molecule has 13 heteroatoms. The molecule has 0 aliphatic heterocycles. The number of benzene rings is 2. The summed E-state index contributed by atoms with van der Waals surface area (Å²) < 4.78 is 104. The van der Waals surface area contributed by atoms with Gasteiger partial charge in [-0.15, -0.1) is 0 Å². The van der Waals surface area contributed by atoms with Gasteiger partial charge in [0.05, 0.1) is 16.3 Å². The maximum absolute atomic E-state index is 13.3. The number of hydrogen-bond donors (Lipinski definition) is 1. The lowest BCUT2D eigenvalue weighted by atomic mass is 10.2. The Balaban J connectivity index is 1.90. The van der Waals surface area contributed by atoms with Crippen LogP contribution in [0.15, 0.2) is 42.5 Å². The van der Waals surface area contributed by atoms with Gasteiger partial charge in [-0.05, 0) is 36.4 Å². The summed E-state index contributed by atoms with van der Waals surface area (Å²) in [6, 6.07) is 5.13. The molecule has 1 heterocycles. The van der Waals surface area contributed by atoms with Crippen LogP contribution >= 0.6 is 11.6 Å². The monoisotopic (exact) mass is 469 g/mol. The fraction of sp³-hybridized carbons (Fsp3) is 0.111. The van der Waals surface area contributed by atoms with Gasteiger partial charge >= 0.3 is 12.4 Å². The molecular formula is C18H8ClF8N3O. The Morgan fingerprint density at radius 3 is 2.03 bits per heavy atom. The molecular weight excluding hydrogens is 462 g/mol. The van der Waals surface area contributed by atoms with Crippen molar-refractivity contribution in [3.05, 3.63) is 76.1 Å². The minimum atomic E-state index is -5.12. The van der Waals surface area contributed by atoms with Crippen molar-refractivity contribution in [2.45, 2.75) is 12.4 Å². The Morgan fingerprint density at radius 2 is 1.48 bits per heavy atom. The van der Waals surface area contributed by atoms with E-state index in [1.165, 1.54) is 0 Å². The topological polar surface area (TPSA) is 46.9 Å². The molecule has 2 aromatic carbocycles. The number of rotatable bonds is 3. The van der Waals surface area contributed by atoms with E-state index < -0.39 is 46.8 Å². The Bertz CT molecular complexity index is 1140. The molecule has 0 fully saturated rings. The van der Waals surface area contributed by atoms with Gasteiger partial charge < -0.3 is 5.32 Å². The van der Waals surface area contributed by atoms with E-state index in [1.54, 1.807) is 0 Å². The number of nitrogens with zero attached hydrogens (tertiary/aromatic N) is 2. The van der Waals surface area contributed by atoms with E-state index in [1.807, 2.05) is 0 Å². The maximum Gasteiger partial charge on any atom is 0.435 e. The van der Waals surface area contributed by atoms with Gasteiger partial charge in [-0.25, -0.2) is 13.5 Å². The van der Waals surface area contributed by atoms with Crippen molar-refractivity contribution < 1.29 is 39.9 Å². The van der Waals surface area contributed by atoms with Gasteiger partial charge in [0.2, 0.25) is 0 Å². The van der Waals surface area contributed by atoms with Gasteiger partial charge in [-0.1, -0.05) is 11.6 Å². The fourth-order valence-corrected chi connectivity index (χ4v) is 2.74. The number of carbonyl (C=O) groups is 1. The highest BCUT2D eigenvalue weighted by atomic mass is 35.5. The molecule has 31 heavy (non-hydrogen) atoms. The maximum atomic E-state index is 13.3. The Hall–Kier alpha value is -3.15.